The number of aliphatic carboxylic acids is 1. The molecule has 0 aliphatic rings. The van der Waals surface area contributed by atoms with Gasteiger partial charge < -0.3 is 14.4 Å². The Labute approximate surface area is 208 Å². The SMILES string of the molecule is C[C@@H](OC(=O)Nc1c(-c2ccc(-c3ccc(CC(=O)O)cc3)cc2)ncn1C)c1ccccc1Cl. The lowest BCUT2D eigenvalue weighted by Crippen LogP contribution is -2.18. The van der Waals surface area contributed by atoms with E-state index in [1.807, 2.05) is 66.7 Å². The lowest BCUT2D eigenvalue weighted by Gasteiger charge is -2.16. The number of amides is 1. The molecule has 7 nitrogen and oxygen atoms in total. The highest BCUT2D eigenvalue weighted by atomic mass is 35.5. The van der Waals surface area contributed by atoms with Gasteiger partial charge in [-0.15, -0.1) is 0 Å². The first-order valence-electron chi connectivity index (χ1n) is 11.0. The molecule has 0 fully saturated rings. The van der Waals surface area contributed by atoms with E-state index in [0.29, 0.717) is 16.5 Å². The number of aromatic nitrogens is 2. The van der Waals surface area contributed by atoms with Crippen LogP contribution in [-0.2, 0) is 23.0 Å². The summed E-state index contributed by atoms with van der Waals surface area (Å²) in [6.07, 6.45) is 0.480. The van der Waals surface area contributed by atoms with Gasteiger partial charge in [0.05, 0.1) is 12.7 Å². The summed E-state index contributed by atoms with van der Waals surface area (Å²) >= 11 is 6.21. The van der Waals surface area contributed by atoms with Crippen LogP contribution in [0, 0.1) is 0 Å². The fourth-order valence-electron chi connectivity index (χ4n) is 3.75. The van der Waals surface area contributed by atoms with Gasteiger partial charge >= 0.3 is 12.1 Å². The zero-order valence-electron chi connectivity index (χ0n) is 19.2. The zero-order valence-corrected chi connectivity index (χ0v) is 20.0. The predicted molar refractivity (Wildman–Crippen MR) is 135 cm³/mol. The van der Waals surface area contributed by atoms with Crippen LogP contribution in [0.5, 0.6) is 0 Å². The van der Waals surface area contributed by atoms with Crippen molar-refractivity contribution in [1.82, 2.24) is 9.55 Å². The Balaban J connectivity index is 1.48. The van der Waals surface area contributed by atoms with Crippen molar-refractivity contribution in [2.75, 3.05) is 5.32 Å². The first kappa shape index (κ1) is 24.0. The summed E-state index contributed by atoms with van der Waals surface area (Å²) in [5, 5.41) is 12.3. The second-order valence-electron chi connectivity index (χ2n) is 8.09. The molecule has 1 heterocycles. The van der Waals surface area contributed by atoms with E-state index in [1.54, 1.807) is 30.9 Å². The third-order valence-corrected chi connectivity index (χ3v) is 5.93. The molecule has 8 heteroatoms. The zero-order chi connectivity index (χ0) is 24.9. The van der Waals surface area contributed by atoms with Crippen LogP contribution >= 0.6 is 11.6 Å². The first-order chi connectivity index (χ1) is 16.8. The number of nitrogens with zero attached hydrogens (tertiary/aromatic N) is 2. The number of hydrogen-bond donors (Lipinski definition) is 2. The van der Waals surface area contributed by atoms with E-state index in [4.69, 9.17) is 21.4 Å². The Hall–Kier alpha value is -4.10. The van der Waals surface area contributed by atoms with E-state index in [9.17, 15) is 9.59 Å². The number of halogens is 1. The number of benzene rings is 3. The summed E-state index contributed by atoms with van der Waals surface area (Å²) in [6.45, 7) is 1.76. The maximum atomic E-state index is 12.6. The summed E-state index contributed by atoms with van der Waals surface area (Å²) in [7, 11) is 1.79. The van der Waals surface area contributed by atoms with E-state index in [0.717, 1.165) is 27.8 Å². The molecule has 1 atom stereocenters. The number of carbonyl (C=O) groups is 2. The van der Waals surface area contributed by atoms with Gasteiger partial charge in [-0.2, -0.15) is 0 Å². The van der Waals surface area contributed by atoms with Crippen LogP contribution in [0.2, 0.25) is 5.02 Å². The van der Waals surface area contributed by atoms with Crippen molar-refractivity contribution in [3.05, 3.63) is 95.3 Å². The van der Waals surface area contributed by atoms with Gasteiger partial charge in [-0.1, -0.05) is 78.3 Å². The average molecular weight is 490 g/mol. The van der Waals surface area contributed by atoms with Crippen molar-refractivity contribution in [3.8, 4) is 22.4 Å². The third-order valence-electron chi connectivity index (χ3n) is 5.59. The second-order valence-corrected chi connectivity index (χ2v) is 8.50. The van der Waals surface area contributed by atoms with Crippen LogP contribution in [0.15, 0.2) is 79.1 Å². The molecule has 0 aliphatic carbocycles. The number of imidazole rings is 1. The molecule has 0 radical (unpaired) electrons. The number of carboxylic acid groups (broad SMARTS) is 1. The van der Waals surface area contributed by atoms with Crippen LogP contribution in [0.1, 0.15) is 24.2 Å². The average Bonchev–Trinajstić information content (AvgIpc) is 3.19. The summed E-state index contributed by atoms with van der Waals surface area (Å²) < 4.78 is 7.25. The lowest BCUT2D eigenvalue weighted by molar-refractivity contribution is -0.136. The van der Waals surface area contributed by atoms with E-state index < -0.39 is 18.2 Å². The number of nitrogens with one attached hydrogen (secondary N) is 1. The molecule has 0 unspecified atom stereocenters. The minimum absolute atomic E-state index is 0.00568. The van der Waals surface area contributed by atoms with Gasteiger partial charge in [0.15, 0.2) is 0 Å². The number of anilines is 1. The molecular weight excluding hydrogens is 466 g/mol. The second kappa shape index (κ2) is 10.4. The Morgan fingerprint density at radius 3 is 2.23 bits per heavy atom. The van der Waals surface area contributed by atoms with Crippen LogP contribution in [-0.4, -0.2) is 26.7 Å². The largest absolute Gasteiger partial charge is 0.481 e. The van der Waals surface area contributed by atoms with E-state index >= 15 is 0 Å². The molecule has 0 aliphatic heterocycles. The Kier molecular flexibility index (Phi) is 7.17. The van der Waals surface area contributed by atoms with Crippen molar-refractivity contribution in [1.29, 1.82) is 0 Å². The van der Waals surface area contributed by atoms with Gasteiger partial charge in [0, 0.05) is 23.2 Å². The quantitative estimate of drug-likeness (QED) is 0.315. The highest BCUT2D eigenvalue weighted by Crippen LogP contribution is 2.30. The number of carbonyl (C=O) groups excluding carboxylic acids is 1. The normalized spacial score (nSPS) is 11.6. The van der Waals surface area contributed by atoms with Crippen molar-refractivity contribution in [2.45, 2.75) is 19.4 Å². The number of carboxylic acids is 1. The highest BCUT2D eigenvalue weighted by Gasteiger charge is 2.18. The van der Waals surface area contributed by atoms with E-state index in [2.05, 4.69) is 10.3 Å². The standard InChI is InChI=1S/C27H24ClN3O4/c1-17(22-5-3-4-6-23(22)28)35-27(34)30-26-25(29-16-31(26)2)21-13-11-20(12-14-21)19-9-7-18(8-10-19)15-24(32)33/h3-14,16-17H,15H2,1-2H3,(H,30,34)(H,32,33)/t17-/m1/s1. The molecule has 1 aromatic heterocycles. The first-order valence-corrected chi connectivity index (χ1v) is 11.3. The molecule has 0 spiro atoms. The van der Waals surface area contributed by atoms with Crippen molar-refractivity contribution < 1.29 is 19.4 Å². The molecule has 3 aromatic carbocycles. The Bertz CT molecular complexity index is 1350. The summed E-state index contributed by atoms with van der Waals surface area (Å²) in [6, 6.07) is 22.4. The fourth-order valence-corrected chi connectivity index (χ4v) is 4.04. The minimum Gasteiger partial charge on any atom is -0.481 e. The lowest BCUT2D eigenvalue weighted by atomic mass is 10.0. The molecule has 4 aromatic rings. The maximum absolute atomic E-state index is 12.6. The molecule has 0 bridgehead atoms. The molecular formula is C27H24ClN3O4. The summed E-state index contributed by atoms with van der Waals surface area (Å²) in [5.41, 5.74) is 4.86. The van der Waals surface area contributed by atoms with Crippen molar-refractivity contribution in [3.63, 3.8) is 0 Å². The maximum Gasteiger partial charge on any atom is 0.413 e. The number of rotatable bonds is 7. The van der Waals surface area contributed by atoms with Gasteiger partial charge in [0.25, 0.3) is 0 Å². The van der Waals surface area contributed by atoms with Gasteiger partial charge in [-0.05, 0) is 29.7 Å². The van der Waals surface area contributed by atoms with Crippen LogP contribution < -0.4 is 5.32 Å². The topological polar surface area (TPSA) is 93.4 Å². The van der Waals surface area contributed by atoms with Gasteiger partial charge in [0.1, 0.15) is 17.6 Å². The van der Waals surface area contributed by atoms with Gasteiger partial charge in [0.2, 0.25) is 0 Å². The highest BCUT2D eigenvalue weighted by molar-refractivity contribution is 6.31. The van der Waals surface area contributed by atoms with Crippen LogP contribution in [0.3, 0.4) is 0 Å². The van der Waals surface area contributed by atoms with Gasteiger partial charge in [-0.25, -0.2) is 9.78 Å². The third kappa shape index (κ3) is 5.70. The number of aryl methyl sites for hydroxylation is 1. The molecule has 1 amide bonds. The molecule has 4 rings (SSSR count). The minimum atomic E-state index is -0.857. The molecule has 0 saturated heterocycles. The van der Waals surface area contributed by atoms with Crippen LogP contribution in [0.25, 0.3) is 22.4 Å². The number of ether oxygens (including phenoxy) is 1. The molecule has 0 saturated carbocycles. The molecule has 178 valence electrons. The fraction of sp³-hybridized carbons (Fsp3) is 0.148. The monoisotopic (exact) mass is 489 g/mol. The van der Waals surface area contributed by atoms with Crippen molar-refractivity contribution >= 4 is 29.5 Å². The van der Waals surface area contributed by atoms with E-state index in [1.165, 1.54) is 0 Å². The van der Waals surface area contributed by atoms with Gasteiger partial charge in [-0.3, -0.25) is 10.1 Å². The number of hydrogen-bond acceptors (Lipinski definition) is 4. The van der Waals surface area contributed by atoms with E-state index in [-0.39, 0.29) is 6.42 Å². The molecule has 35 heavy (non-hydrogen) atoms. The Morgan fingerprint density at radius 2 is 1.60 bits per heavy atom. The van der Waals surface area contributed by atoms with Crippen LogP contribution in [0.4, 0.5) is 10.6 Å². The summed E-state index contributed by atoms with van der Waals surface area (Å²) in [4.78, 5) is 27.9. The Morgan fingerprint density at radius 1 is 1.00 bits per heavy atom. The molecule has 2 N–H and O–H groups in total. The van der Waals surface area contributed by atoms with Crippen molar-refractivity contribution in [2.24, 2.45) is 7.05 Å². The smallest absolute Gasteiger partial charge is 0.413 e. The predicted octanol–water partition coefficient (Wildman–Crippen LogP) is 6.34. The summed E-state index contributed by atoms with van der Waals surface area (Å²) in [5.74, 6) is -0.351.